The van der Waals surface area contributed by atoms with Crippen LogP contribution in [-0.4, -0.2) is 87.4 Å². The molecule has 2 aliphatic rings. The first-order valence-corrected chi connectivity index (χ1v) is 11.1. The van der Waals surface area contributed by atoms with E-state index in [2.05, 4.69) is 0 Å². The summed E-state index contributed by atoms with van der Waals surface area (Å²) < 4.78 is 38.6. The highest BCUT2D eigenvalue weighted by Gasteiger charge is 2.34. The molecule has 0 radical (unpaired) electrons. The van der Waals surface area contributed by atoms with Crippen molar-refractivity contribution in [3.05, 3.63) is 28.8 Å². The summed E-state index contributed by atoms with van der Waals surface area (Å²) >= 11 is 6.12. The monoisotopic (exact) mass is 431 g/mol. The average molecular weight is 432 g/mol. The van der Waals surface area contributed by atoms with Crippen molar-refractivity contribution in [1.82, 2.24) is 13.5 Å². The molecule has 2 saturated heterocycles. The van der Waals surface area contributed by atoms with Crippen LogP contribution in [0.1, 0.15) is 12.0 Å². The Morgan fingerprint density at radius 2 is 1.75 bits per heavy atom. The lowest BCUT2D eigenvalue weighted by Crippen LogP contribution is -2.55. The zero-order valence-corrected chi connectivity index (χ0v) is 17.5. The normalized spacial score (nSPS) is 19.6. The number of hydrogen-bond donors (Lipinski definition) is 0. The lowest BCUT2D eigenvalue weighted by molar-refractivity contribution is -0.132. The van der Waals surface area contributed by atoms with E-state index in [1.54, 1.807) is 24.1 Å². The van der Waals surface area contributed by atoms with E-state index in [0.717, 1.165) is 5.56 Å². The van der Waals surface area contributed by atoms with Gasteiger partial charge in [0.1, 0.15) is 5.75 Å². The summed E-state index contributed by atoms with van der Waals surface area (Å²) in [6, 6.07) is 5.49. The van der Waals surface area contributed by atoms with Gasteiger partial charge in [-0.25, -0.2) is 0 Å². The molecule has 2 fully saturated rings. The number of carbonyl (C=O) groups excluding carboxylic acids is 1. The highest BCUT2D eigenvalue weighted by Crippen LogP contribution is 2.25. The van der Waals surface area contributed by atoms with Gasteiger partial charge in [-0.3, -0.25) is 4.79 Å². The Kier molecular flexibility index (Phi) is 7.16. The second-order valence-electron chi connectivity index (χ2n) is 6.77. The van der Waals surface area contributed by atoms with Gasteiger partial charge in [-0.1, -0.05) is 17.7 Å². The van der Waals surface area contributed by atoms with Gasteiger partial charge < -0.3 is 14.4 Å². The first-order valence-electron chi connectivity index (χ1n) is 9.35. The minimum Gasteiger partial charge on any atom is -0.495 e. The number of rotatable bonds is 6. The molecule has 0 aromatic heterocycles. The molecule has 0 bridgehead atoms. The van der Waals surface area contributed by atoms with Crippen LogP contribution >= 0.6 is 11.6 Å². The third-order valence-corrected chi connectivity index (χ3v) is 7.39. The Morgan fingerprint density at radius 3 is 2.36 bits per heavy atom. The van der Waals surface area contributed by atoms with Crippen molar-refractivity contribution in [1.29, 1.82) is 0 Å². The molecule has 1 amide bonds. The van der Waals surface area contributed by atoms with Crippen molar-refractivity contribution in [3.63, 3.8) is 0 Å². The van der Waals surface area contributed by atoms with Crippen LogP contribution in [0.2, 0.25) is 5.02 Å². The van der Waals surface area contributed by atoms with Gasteiger partial charge in [-0.05, 0) is 24.1 Å². The Morgan fingerprint density at radius 1 is 1.11 bits per heavy atom. The van der Waals surface area contributed by atoms with Crippen LogP contribution in [0.3, 0.4) is 0 Å². The van der Waals surface area contributed by atoms with E-state index >= 15 is 0 Å². The van der Waals surface area contributed by atoms with Crippen molar-refractivity contribution < 1.29 is 22.7 Å². The van der Waals surface area contributed by atoms with Crippen molar-refractivity contribution in [3.8, 4) is 5.75 Å². The lowest BCUT2D eigenvalue weighted by Gasteiger charge is -2.37. The number of aryl methyl sites for hydroxylation is 1. The Balaban J connectivity index is 1.49. The summed E-state index contributed by atoms with van der Waals surface area (Å²) in [5, 5.41) is 0.523. The second-order valence-corrected chi connectivity index (χ2v) is 9.10. The SMILES string of the molecule is COc1ccc(CCC(=O)N2CCN(S(=O)(=O)N3CCOCC3)CC2)cc1Cl. The number of methoxy groups -OCH3 is 1. The van der Waals surface area contributed by atoms with Crippen LogP contribution in [-0.2, 0) is 26.2 Å². The third-order valence-electron chi connectivity index (χ3n) is 5.06. The van der Waals surface area contributed by atoms with Gasteiger partial charge in [-0.15, -0.1) is 0 Å². The molecule has 0 spiro atoms. The van der Waals surface area contributed by atoms with Crippen LogP contribution in [0.5, 0.6) is 5.75 Å². The maximum absolute atomic E-state index is 12.7. The lowest BCUT2D eigenvalue weighted by atomic mass is 10.1. The second kappa shape index (κ2) is 9.41. The molecule has 0 saturated carbocycles. The molecule has 1 aromatic rings. The molecule has 0 aliphatic carbocycles. The first-order chi connectivity index (χ1) is 13.4. The summed E-state index contributed by atoms with van der Waals surface area (Å²) in [6.45, 7) is 3.06. The summed E-state index contributed by atoms with van der Waals surface area (Å²) in [4.78, 5) is 14.2. The van der Waals surface area contributed by atoms with E-state index in [-0.39, 0.29) is 5.91 Å². The molecule has 0 unspecified atom stereocenters. The number of halogens is 1. The first kappa shape index (κ1) is 21.3. The summed E-state index contributed by atoms with van der Waals surface area (Å²) in [5.74, 6) is 0.629. The van der Waals surface area contributed by atoms with Crippen LogP contribution in [0.4, 0.5) is 0 Å². The van der Waals surface area contributed by atoms with Gasteiger partial charge >= 0.3 is 0 Å². The van der Waals surface area contributed by atoms with E-state index in [1.807, 2.05) is 6.07 Å². The quantitative estimate of drug-likeness (QED) is 0.671. The minimum atomic E-state index is -3.48. The van der Waals surface area contributed by atoms with Crippen molar-refractivity contribution in [2.24, 2.45) is 0 Å². The van der Waals surface area contributed by atoms with Crippen LogP contribution in [0.25, 0.3) is 0 Å². The van der Waals surface area contributed by atoms with Gasteiger partial charge in [0.25, 0.3) is 10.2 Å². The van der Waals surface area contributed by atoms with Crippen LogP contribution in [0, 0.1) is 0 Å². The number of amides is 1. The molecule has 0 N–H and O–H groups in total. The van der Waals surface area contributed by atoms with E-state index in [1.165, 1.54) is 8.61 Å². The number of ether oxygens (including phenoxy) is 2. The van der Waals surface area contributed by atoms with Crippen LogP contribution < -0.4 is 4.74 Å². The van der Waals surface area contributed by atoms with Crippen LogP contribution in [0.15, 0.2) is 18.2 Å². The van der Waals surface area contributed by atoms with Gasteiger partial charge in [-0.2, -0.15) is 17.0 Å². The molecule has 8 nitrogen and oxygen atoms in total. The standard InChI is InChI=1S/C18H26ClN3O5S/c1-26-17-4-2-15(14-16(17)19)3-5-18(23)20-6-8-21(9-7-20)28(24,25)22-10-12-27-13-11-22/h2,4,14H,3,5-13H2,1H3. The van der Waals surface area contributed by atoms with E-state index in [0.29, 0.717) is 76.1 Å². The molecule has 2 aliphatic heterocycles. The number of carbonyl (C=O) groups is 1. The summed E-state index contributed by atoms with van der Waals surface area (Å²) in [7, 11) is -1.92. The summed E-state index contributed by atoms with van der Waals surface area (Å²) in [5.41, 5.74) is 0.965. The average Bonchev–Trinajstić information content (AvgIpc) is 2.73. The predicted molar refractivity (Wildman–Crippen MR) is 106 cm³/mol. The molecule has 2 heterocycles. The Bertz CT molecular complexity index is 790. The highest BCUT2D eigenvalue weighted by molar-refractivity contribution is 7.86. The predicted octanol–water partition coefficient (Wildman–Crippen LogP) is 1.00. The molecule has 1 aromatic carbocycles. The topological polar surface area (TPSA) is 79.4 Å². The van der Waals surface area contributed by atoms with Crippen molar-refractivity contribution in [2.45, 2.75) is 12.8 Å². The highest BCUT2D eigenvalue weighted by atomic mass is 35.5. The van der Waals surface area contributed by atoms with Gasteiger partial charge in [0.15, 0.2) is 0 Å². The van der Waals surface area contributed by atoms with Gasteiger partial charge in [0, 0.05) is 45.7 Å². The van der Waals surface area contributed by atoms with Gasteiger partial charge in [0.2, 0.25) is 5.91 Å². The third kappa shape index (κ3) is 4.96. The van der Waals surface area contributed by atoms with E-state index < -0.39 is 10.2 Å². The fourth-order valence-corrected chi connectivity index (χ4v) is 5.23. The zero-order valence-electron chi connectivity index (χ0n) is 16.0. The fraction of sp³-hybridized carbons (Fsp3) is 0.611. The molecule has 156 valence electrons. The fourth-order valence-electron chi connectivity index (χ4n) is 3.38. The number of benzene rings is 1. The molecular weight excluding hydrogens is 406 g/mol. The molecule has 0 atom stereocenters. The molecule has 28 heavy (non-hydrogen) atoms. The van der Waals surface area contributed by atoms with E-state index in [4.69, 9.17) is 21.1 Å². The van der Waals surface area contributed by atoms with Gasteiger partial charge in [0.05, 0.1) is 25.3 Å². The Labute approximate surface area is 171 Å². The minimum absolute atomic E-state index is 0.0235. The number of morpholine rings is 1. The zero-order chi connectivity index (χ0) is 20.1. The summed E-state index contributed by atoms with van der Waals surface area (Å²) in [6.07, 6.45) is 0.938. The van der Waals surface area contributed by atoms with Crippen molar-refractivity contribution in [2.75, 3.05) is 59.6 Å². The molecular formula is C18H26ClN3O5S. The van der Waals surface area contributed by atoms with Crippen molar-refractivity contribution >= 4 is 27.7 Å². The Hall–Kier alpha value is -1.39. The number of hydrogen-bond acceptors (Lipinski definition) is 5. The maximum Gasteiger partial charge on any atom is 0.282 e. The smallest absolute Gasteiger partial charge is 0.282 e. The number of nitrogens with zero attached hydrogens (tertiary/aromatic N) is 3. The number of piperazine rings is 1. The molecule has 3 rings (SSSR count). The maximum atomic E-state index is 12.7. The van der Waals surface area contributed by atoms with E-state index in [9.17, 15) is 13.2 Å². The molecule has 10 heteroatoms. The largest absolute Gasteiger partial charge is 0.495 e.